The quantitative estimate of drug-likeness (QED) is 0.776. The van der Waals surface area contributed by atoms with Gasteiger partial charge in [0.2, 0.25) is 0 Å². The first-order chi connectivity index (χ1) is 7.64. The molecule has 0 heterocycles. The molecule has 1 rings (SSSR count). The number of aliphatic carboxylic acids is 1. The van der Waals surface area contributed by atoms with E-state index < -0.39 is 11.5 Å². The molecule has 0 spiro atoms. The predicted molar refractivity (Wildman–Crippen MR) is 65.6 cm³/mol. The minimum atomic E-state index is -0.837. The predicted octanol–water partition coefficient (Wildman–Crippen LogP) is 3.13. The van der Waals surface area contributed by atoms with Crippen LogP contribution in [0, 0.1) is 0 Å². The van der Waals surface area contributed by atoms with Crippen molar-refractivity contribution in [2.24, 2.45) is 0 Å². The fraction of sp³-hybridized carbons (Fsp3) is 0.462. The number of para-hydroxylation sites is 1. The number of carboxylic acid groups (broad SMARTS) is 1. The van der Waals surface area contributed by atoms with E-state index in [1.165, 1.54) is 0 Å². The van der Waals surface area contributed by atoms with Gasteiger partial charge in [-0.25, -0.2) is 4.79 Å². The second kappa shape index (κ2) is 5.54. The standard InChI is InChI=1S/C13H19NO2/c1-3-10-13(4-2,12(15)16)14-11-8-6-5-7-9-11/h5-9,14H,3-4,10H2,1-2H3,(H,15,16). The van der Waals surface area contributed by atoms with E-state index in [2.05, 4.69) is 5.32 Å². The summed E-state index contributed by atoms with van der Waals surface area (Å²) in [6, 6.07) is 9.50. The van der Waals surface area contributed by atoms with Crippen molar-refractivity contribution in [3.63, 3.8) is 0 Å². The molecule has 0 aliphatic heterocycles. The fourth-order valence-electron chi connectivity index (χ4n) is 1.86. The van der Waals surface area contributed by atoms with Crippen LogP contribution >= 0.6 is 0 Å². The van der Waals surface area contributed by atoms with Gasteiger partial charge in [-0.05, 0) is 25.0 Å². The molecule has 1 unspecified atom stereocenters. The lowest BCUT2D eigenvalue weighted by atomic mass is 9.90. The van der Waals surface area contributed by atoms with Crippen molar-refractivity contribution in [1.82, 2.24) is 0 Å². The van der Waals surface area contributed by atoms with Crippen molar-refractivity contribution >= 4 is 11.7 Å². The lowest BCUT2D eigenvalue weighted by Crippen LogP contribution is -2.45. The Morgan fingerprint density at radius 2 is 1.94 bits per heavy atom. The second-order valence-corrected chi connectivity index (χ2v) is 3.98. The maximum Gasteiger partial charge on any atom is 0.329 e. The zero-order valence-electron chi connectivity index (χ0n) is 9.86. The molecular weight excluding hydrogens is 202 g/mol. The van der Waals surface area contributed by atoms with Crippen molar-refractivity contribution in [3.8, 4) is 0 Å². The molecule has 0 radical (unpaired) electrons. The summed E-state index contributed by atoms with van der Waals surface area (Å²) in [4.78, 5) is 11.4. The van der Waals surface area contributed by atoms with Crippen LogP contribution < -0.4 is 5.32 Å². The highest BCUT2D eigenvalue weighted by atomic mass is 16.4. The molecule has 0 saturated heterocycles. The number of benzene rings is 1. The van der Waals surface area contributed by atoms with E-state index in [0.29, 0.717) is 12.8 Å². The highest BCUT2D eigenvalue weighted by Crippen LogP contribution is 2.24. The summed E-state index contributed by atoms with van der Waals surface area (Å²) in [6.45, 7) is 3.90. The highest BCUT2D eigenvalue weighted by Gasteiger charge is 2.35. The van der Waals surface area contributed by atoms with Crippen LogP contribution in [0.2, 0.25) is 0 Å². The number of anilines is 1. The summed E-state index contributed by atoms with van der Waals surface area (Å²) < 4.78 is 0. The number of rotatable bonds is 6. The molecule has 1 atom stereocenters. The van der Waals surface area contributed by atoms with Gasteiger partial charge < -0.3 is 10.4 Å². The normalized spacial score (nSPS) is 14.1. The molecule has 0 amide bonds. The summed E-state index contributed by atoms with van der Waals surface area (Å²) >= 11 is 0. The van der Waals surface area contributed by atoms with Crippen molar-refractivity contribution in [2.75, 3.05) is 5.32 Å². The van der Waals surface area contributed by atoms with E-state index in [-0.39, 0.29) is 0 Å². The van der Waals surface area contributed by atoms with Gasteiger partial charge in [0.1, 0.15) is 5.54 Å². The minimum Gasteiger partial charge on any atom is -0.480 e. The molecule has 0 aliphatic carbocycles. The summed E-state index contributed by atoms with van der Waals surface area (Å²) in [5.41, 5.74) is 0.0241. The second-order valence-electron chi connectivity index (χ2n) is 3.98. The fourth-order valence-corrected chi connectivity index (χ4v) is 1.86. The number of hydrogen-bond donors (Lipinski definition) is 2. The Kier molecular flexibility index (Phi) is 4.35. The van der Waals surface area contributed by atoms with Crippen molar-refractivity contribution in [3.05, 3.63) is 30.3 Å². The first-order valence-corrected chi connectivity index (χ1v) is 5.71. The Hall–Kier alpha value is -1.51. The maximum absolute atomic E-state index is 11.4. The Labute approximate surface area is 96.5 Å². The van der Waals surface area contributed by atoms with Crippen molar-refractivity contribution in [2.45, 2.75) is 38.6 Å². The van der Waals surface area contributed by atoms with E-state index in [9.17, 15) is 9.90 Å². The van der Waals surface area contributed by atoms with Crippen LogP contribution in [0.5, 0.6) is 0 Å². The molecule has 1 aromatic rings. The van der Waals surface area contributed by atoms with E-state index in [1.807, 2.05) is 44.2 Å². The molecule has 16 heavy (non-hydrogen) atoms. The van der Waals surface area contributed by atoms with Crippen molar-refractivity contribution < 1.29 is 9.90 Å². The lowest BCUT2D eigenvalue weighted by molar-refractivity contribution is -0.142. The van der Waals surface area contributed by atoms with Gasteiger partial charge in [0.15, 0.2) is 0 Å². The summed E-state index contributed by atoms with van der Waals surface area (Å²) in [5, 5.41) is 12.5. The highest BCUT2D eigenvalue weighted by molar-refractivity contribution is 5.82. The van der Waals surface area contributed by atoms with Gasteiger partial charge in [0.25, 0.3) is 0 Å². The monoisotopic (exact) mass is 221 g/mol. The van der Waals surface area contributed by atoms with Gasteiger partial charge in [-0.3, -0.25) is 0 Å². The third-order valence-corrected chi connectivity index (χ3v) is 2.85. The van der Waals surface area contributed by atoms with Crippen molar-refractivity contribution in [1.29, 1.82) is 0 Å². The van der Waals surface area contributed by atoms with Crippen LogP contribution in [0.4, 0.5) is 5.69 Å². The summed E-state index contributed by atoms with van der Waals surface area (Å²) in [7, 11) is 0. The molecule has 0 aliphatic rings. The van der Waals surface area contributed by atoms with Gasteiger partial charge in [0, 0.05) is 5.69 Å². The average molecular weight is 221 g/mol. The molecule has 0 bridgehead atoms. The molecule has 3 nitrogen and oxygen atoms in total. The zero-order valence-corrected chi connectivity index (χ0v) is 9.86. The molecular formula is C13H19NO2. The SMILES string of the molecule is CCCC(CC)(Nc1ccccc1)C(=O)O. The Balaban J connectivity index is 2.90. The topological polar surface area (TPSA) is 49.3 Å². The van der Waals surface area contributed by atoms with E-state index in [4.69, 9.17) is 0 Å². The Bertz CT molecular complexity index is 337. The minimum absolute atomic E-state index is 0.574. The summed E-state index contributed by atoms with van der Waals surface area (Å²) in [6.07, 6.45) is 2.05. The van der Waals surface area contributed by atoms with E-state index in [0.717, 1.165) is 12.1 Å². The number of nitrogens with one attached hydrogen (secondary N) is 1. The third kappa shape index (κ3) is 2.75. The van der Waals surface area contributed by atoms with Gasteiger partial charge in [-0.1, -0.05) is 38.5 Å². The molecule has 3 heteroatoms. The smallest absolute Gasteiger partial charge is 0.329 e. The number of carbonyl (C=O) groups is 1. The zero-order chi connectivity index (χ0) is 12.0. The van der Waals surface area contributed by atoms with Gasteiger partial charge in [-0.15, -0.1) is 0 Å². The summed E-state index contributed by atoms with van der Waals surface area (Å²) in [5.74, 6) is -0.777. The van der Waals surface area contributed by atoms with Crippen LogP contribution in [-0.4, -0.2) is 16.6 Å². The van der Waals surface area contributed by atoms with Gasteiger partial charge in [-0.2, -0.15) is 0 Å². The van der Waals surface area contributed by atoms with Gasteiger partial charge >= 0.3 is 5.97 Å². The lowest BCUT2D eigenvalue weighted by Gasteiger charge is -2.30. The Morgan fingerprint density at radius 3 is 2.38 bits per heavy atom. The first-order valence-electron chi connectivity index (χ1n) is 5.71. The molecule has 1 aromatic carbocycles. The molecule has 0 aromatic heterocycles. The van der Waals surface area contributed by atoms with Crippen LogP contribution in [0.3, 0.4) is 0 Å². The third-order valence-electron chi connectivity index (χ3n) is 2.85. The molecule has 0 saturated carbocycles. The number of carboxylic acids is 1. The van der Waals surface area contributed by atoms with E-state index >= 15 is 0 Å². The molecule has 88 valence electrons. The van der Waals surface area contributed by atoms with E-state index in [1.54, 1.807) is 0 Å². The van der Waals surface area contributed by atoms with Crippen LogP contribution in [-0.2, 0) is 4.79 Å². The number of hydrogen-bond acceptors (Lipinski definition) is 2. The van der Waals surface area contributed by atoms with Crippen LogP contribution in [0.25, 0.3) is 0 Å². The molecule has 2 N–H and O–H groups in total. The average Bonchev–Trinajstić information content (AvgIpc) is 2.29. The Morgan fingerprint density at radius 1 is 1.31 bits per heavy atom. The largest absolute Gasteiger partial charge is 0.480 e. The van der Waals surface area contributed by atoms with Gasteiger partial charge in [0.05, 0.1) is 0 Å². The van der Waals surface area contributed by atoms with Crippen LogP contribution in [0.15, 0.2) is 30.3 Å². The first kappa shape index (κ1) is 12.6. The molecule has 0 fully saturated rings. The van der Waals surface area contributed by atoms with Crippen LogP contribution in [0.1, 0.15) is 33.1 Å². The maximum atomic E-state index is 11.4.